The normalized spacial score (nSPS) is 13.0. The van der Waals surface area contributed by atoms with Gasteiger partial charge in [0.15, 0.2) is 0 Å². The van der Waals surface area contributed by atoms with Crippen LogP contribution >= 0.6 is 0 Å². The Morgan fingerprint density at radius 3 is 2.53 bits per heavy atom. The Morgan fingerprint density at radius 2 is 1.94 bits per heavy atom. The van der Waals surface area contributed by atoms with E-state index < -0.39 is 0 Å². The molecule has 0 aliphatic heterocycles. The summed E-state index contributed by atoms with van der Waals surface area (Å²) in [5.41, 5.74) is 1.18. The van der Waals surface area contributed by atoms with E-state index in [1.807, 2.05) is 12.1 Å². The molecule has 1 rings (SSSR count). The molecule has 0 aliphatic rings. The molecular formula is C14H23FN2. The Hall–Kier alpha value is -0.930. The van der Waals surface area contributed by atoms with Crippen LogP contribution in [-0.2, 0) is 6.42 Å². The van der Waals surface area contributed by atoms with Gasteiger partial charge in [0, 0.05) is 19.1 Å². The van der Waals surface area contributed by atoms with Gasteiger partial charge in [-0.05, 0) is 44.6 Å². The Labute approximate surface area is 104 Å². The van der Waals surface area contributed by atoms with Gasteiger partial charge in [-0.2, -0.15) is 0 Å². The van der Waals surface area contributed by atoms with Gasteiger partial charge in [-0.1, -0.05) is 19.1 Å². The van der Waals surface area contributed by atoms with E-state index in [4.69, 9.17) is 0 Å². The van der Waals surface area contributed by atoms with Crippen molar-refractivity contribution in [2.75, 3.05) is 26.7 Å². The van der Waals surface area contributed by atoms with E-state index in [1.54, 1.807) is 0 Å². The summed E-state index contributed by atoms with van der Waals surface area (Å²) in [6.45, 7) is 7.45. The highest BCUT2D eigenvalue weighted by Gasteiger charge is 2.03. The minimum absolute atomic E-state index is 0.168. The molecule has 0 fully saturated rings. The summed E-state index contributed by atoms with van der Waals surface area (Å²) in [6, 6.07) is 7.17. The largest absolute Gasteiger partial charge is 0.313 e. The fourth-order valence-electron chi connectivity index (χ4n) is 1.71. The van der Waals surface area contributed by atoms with Gasteiger partial charge in [0.2, 0.25) is 0 Å². The summed E-state index contributed by atoms with van der Waals surface area (Å²) in [5.74, 6) is -0.168. The first-order valence-corrected chi connectivity index (χ1v) is 6.28. The van der Waals surface area contributed by atoms with Gasteiger partial charge < -0.3 is 10.2 Å². The maximum absolute atomic E-state index is 12.7. The molecule has 1 aromatic rings. The molecule has 0 aliphatic carbocycles. The van der Waals surface area contributed by atoms with Crippen LogP contribution in [-0.4, -0.2) is 37.6 Å². The molecule has 1 atom stereocenters. The molecule has 0 bridgehead atoms. The summed E-state index contributed by atoms with van der Waals surface area (Å²) in [4.78, 5) is 2.28. The smallest absolute Gasteiger partial charge is 0.123 e. The molecule has 1 unspecified atom stereocenters. The third-order valence-corrected chi connectivity index (χ3v) is 2.98. The quantitative estimate of drug-likeness (QED) is 0.784. The molecule has 17 heavy (non-hydrogen) atoms. The van der Waals surface area contributed by atoms with Crippen LogP contribution in [0.5, 0.6) is 0 Å². The van der Waals surface area contributed by atoms with Crippen LogP contribution < -0.4 is 5.32 Å². The second kappa shape index (κ2) is 7.41. The van der Waals surface area contributed by atoms with Crippen LogP contribution in [0.1, 0.15) is 19.4 Å². The topological polar surface area (TPSA) is 15.3 Å². The summed E-state index contributed by atoms with van der Waals surface area (Å²) < 4.78 is 12.7. The minimum atomic E-state index is -0.168. The first kappa shape index (κ1) is 14.1. The third kappa shape index (κ3) is 5.80. The van der Waals surface area contributed by atoms with Crippen molar-refractivity contribution < 1.29 is 4.39 Å². The van der Waals surface area contributed by atoms with Crippen molar-refractivity contribution in [2.45, 2.75) is 26.3 Å². The predicted octanol–water partition coefficient (Wildman–Crippen LogP) is 2.30. The summed E-state index contributed by atoms with van der Waals surface area (Å²) in [7, 11) is 2.12. The molecule has 0 saturated carbocycles. The second-order valence-electron chi connectivity index (χ2n) is 4.58. The maximum Gasteiger partial charge on any atom is 0.123 e. The molecule has 1 N–H and O–H groups in total. The molecule has 0 heterocycles. The number of likely N-dealkylation sites (N-methyl/N-ethyl adjacent to an activating group) is 1. The fourth-order valence-corrected chi connectivity index (χ4v) is 1.71. The zero-order valence-corrected chi connectivity index (χ0v) is 11.0. The van der Waals surface area contributed by atoms with E-state index >= 15 is 0 Å². The van der Waals surface area contributed by atoms with Crippen molar-refractivity contribution in [2.24, 2.45) is 0 Å². The van der Waals surface area contributed by atoms with Gasteiger partial charge in [-0.3, -0.25) is 0 Å². The third-order valence-electron chi connectivity index (χ3n) is 2.98. The first-order chi connectivity index (χ1) is 8.11. The van der Waals surface area contributed by atoms with Crippen LogP contribution in [0.2, 0.25) is 0 Å². The monoisotopic (exact) mass is 238 g/mol. The number of halogens is 1. The van der Waals surface area contributed by atoms with Crippen LogP contribution in [0, 0.1) is 5.82 Å². The number of benzene rings is 1. The average Bonchev–Trinajstić information content (AvgIpc) is 2.32. The van der Waals surface area contributed by atoms with Crippen molar-refractivity contribution in [3.05, 3.63) is 35.6 Å². The van der Waals surface area contributed by atoms with Crippen molar-refractivity contribution in [3.8, 4) is 0 Å². The zero-order chi connectivity index (χ0) is 12.7. The molecule has 0 radical (unpaired) electrons. The number of hydrogen-bond acceptors (Lipinski definition) is 2. The molecule has 3 heteroatoms. The number of rotatable bonds is 7. The molecule has 96 valence electrons. The standard InChI is InChI=1S/C14H23FN2/c1-4-17(3)10-9-16-12(2)11-13-5-7-14(15)8-6-13/h5-8,12,16H,4,9-11H2,1-3H3. The lowest BCUT2D eigenvalue weighted by atomic mass is 10.1. The Morgan fingerprint density at radius 1 is 1.29 bits per heavy atom. The van der Waals surface area contributed by atoms with Crippen LogP contribution in [0.3, 0.4) is 0 Å². The summed E-state index contributed by atoms with van der Waals surface area (Å²) >= 11 is 0. The first-order valence-electron chi connectivity index (χ1n) is 6.28. The van der Waals surface area contributed by atoms with E-state index in [-0.39, 0.29) is 5.82 Å². The predicted molar refractivity (Wildman–Crippen MR) is 70.7 cm³/mol. The lowest BCUT2D eigenvalue weighted by Gasteiger charge is -2.18. The fraction of sp³-hybridized carbons (Fsp3) is 0.571. The van der Waals surface area contributed by atoms with Gasteiger partial charge >= 0.3 is 0 Å². The van der Waals surface area contributed by atoms with E-state index in [1.165, 1.54) is 17.7 Å². The molecule has 0 aromatic heterocycles. The molecule has 1 aromatic carbocycles. The van der Waals surface area contributed by atoms with E-state index in [0.29, 0.717) is 6.04 Å². The zero-order valence-electron chi connectivity index (χ0n) is 11.0. The van der Waals surface area contributed by atoms with Gasteiger partial charge in [0.05, 0.1) is 0 Å². The molecule has 0 spiro atoms. The van der Waals surface area contributed by atoms with Crippen molar-refractivity contribution in [1.82, 2.24) is 10.2 Å². The highest BCUT2D eigenvalue weighted by atomic mass is 19.1. The SMILES string of the molecule is CCN(C)CCNC(C)Cc1ccc(F)cc1. The lowest BCUT2D eigenvalue weighted by molar-refractivity contribution is 0.341. The van der Waals surface area contributed by atoms with E-state index in [2.05, 4.69) is 31.1 Å². The van der Waals surface area contributed by atoms with E-state index in [9.17, 15) is 4.39 Å². The van der Waals surface area contributed by atoms with Crippen molar-refractivity contribution >= 4 is 0 Å². The molecule has 0 saturated heterocycles. The van der Waals surface area contributed by atoms with Gasteiger partial charge in [-0.15, -0.1) is 0 Å². The Balaban J connectivity index is 2.25. The highest BCUT2D eigenvalue weighted by Crippen LogP contribution is 2.05. The van der Waals surface area contributed by atoms with Crippen LogP contribution in [0.4, 0.5) is 4.39 Å². The number of nitrogens with zero attached hydrogens (tertiary/aromatic N) is 1. The highest BCUT2D eigenvalue weighted by molar-refractivity contribution is 5.16. The Kier molecular flexibility index (Phi) is 6.16. The summed E-state index contributed by atoms with van der Waals surface area (Å²) in [5, 5.41) is 3.48. The minimum Gasteiger partial charge on any atom is -0.313 e. The van der Waals surface area contributed by atoms with Crippen molar-refractivity contribution in [1.29, 1.82) is 0 Å². The van der Waals surface area contributed by atoms with E-state index in [0.717, 1.165) is 26.1 Å². The van der Waals surface area contributed by atoms with Crippen LogP contribution in [0.15, 0.2) is 24.3 Å². The Bertz CT molecular complexity index is 311. The number of hydrogen-bond donors (Lipinski definition) is 1. The molecule has 2 nitrogen and oxygen atoms in total. The van der Waals surface area contributed by atoms with Crippen molar-refractivity contribution in [3.63, 3.8) is 0 Å². The van der Waals surface area contributed by atoms with Gasteiger partial charge in [0.25, 0.3) is 0 Å². The van der Waals surface area contributed by atoms with Gasteiger partial charge in [0.1, 0.15) is 5.82 Å². The maximum atomic E-state index is 12.7. The molecule has 0 amide bonds. The average molecular weight is 238 g/mol. The van der Waals surface area contributed by atoms with Crippen LogP contribution in [0.25, 0.3) is 0 Å². The molecular weight excluding hydrogens is 215 g/mol. The van der Waals surface area contributed by atoms with Gasteiger partial charge in [-0.25, -0.2) is 4.39 Å². The lowest BCUT2D eigenvalue weighted by Crippen LogP contribution is -2.35. The second-order valence-corrected chi connectivity index (χ2v) is 4.58. The number of nitrogens with one attached hydrogen (secondary N) is 1. The summed E-state index contributed by atoms with van der Waals surface area (Å²) in [6.07, 6.45) is 0.941.